The zero-order valence-electron chi connectivity index (χ0n) is 12.7. The van der Waals surface area contributed by atoms with Gasteiger partial charge in [0.25, 0.3) is 5.91 Å². The largest absolute Gasteiger partial charge is 0.482 e. The van der Waals surface area contributed by atoms with Gasteiger partial charge in [-0.2, -0.15) is 5.26 Å². The van der Waals surface area contributed by atoms with Gasteiger partial charge < -0.3 is 9.64 Å². The summed E-state index contributed by atoms with van der Waals surface area (Å²) >= 11 is 5.99. The Balaban J connectivity index is 1.99. The van der Waals surface area contributed by atoms with Crippen molar-refractivity contribution in [2.45, 2.75) is 19.4 Å². The van der Waals surface area contributed by atoms with Gasteiger partial charge in [0, 0.05) is 12.6 Å². The van der Waals surface area contributed by atoms with Gasteiger partial charge in [0.2, 0.25) is 0 Å². The van der Waals surface area contributed by atoms with Gasteiger partial charge in [-0.3, -0.25) is 4.79 Å². The van der Waals surface area contributed by atoms with E-state index in [0.29, 0.717) is 24.3 Å². The van der Waals surface area contributed by atoms with E-state index in [0.717, 1.165) is 0 Å². The standard InChI is InChI=1S/C15H17ClN2O4S/c1-2-18(12-5-6-23(20,21)10-12)15(19)9-22-14-4-3-11(8-17)7-13(14)16/h3-4,7,12H,2,5-6,9-10H2,1H3/t12-/m0/s1. The van der Waals surface area contributed by atoms with E-state index in [4.69, 9.17) is 21.6 Å². The molecule has 8 heteroatoms. The minimum Gasteiger partial charge on any atom is -0.482 e. The van der Waals surface area contributed by atoms with Crippen molar-refractivity contribution in [3.8, 4) is 11.8 Å². The van der Waals surface area contributed by atoms with Crippen molar-refractivity contribution in [3.63, 3.8) is 0 Å². The van der Waals surface area contributed by atoms with Crippen molar-refractivity contribution in [1.82, 2.24) is 4.90 Å². The van der Waals surface area contributed by atoms with Crippen LogP contribution < -0.4 is 4.74 Å². The van der Waals surface area contributed by atoms with Gasteiger partial charge in [-0.1, -0.05) is 11.6 Å². The number of halogens is 1. The summed E-state index contributed by atoms with van der Waals surface area (Å²) in [5, 5.41) is 9.03. The summed E-state index contributed by atoms with van der Waals surface area (Å²) in [6.07, 6.45) is 0.458. The first-order valence-corrected chi connectivity index (χ1v) is 9.38. The molecule has 1 fully saturated rings. The van der Waals surface area contributed by atoms with E-state index in [1.165, 1.54) is 17.0 Å². The highest BCUT2D eigenvalue weighted by Gasteiger charge is 2.33. The number of sulfone groups is 1. The average Bonchev–Trinajstić information content (AvgIpc) is 2.86. The van der Waals surface area contributed by atoms with Gasteiger partial charge in [0.15, 0.2) is 16.4 Å². The Kier molecular flexibility index (Phi) is 5.50. The summed E-state index contributed by atoms with van der Waals surface area (Å²) < 4.78 is 28.5. The van der Waals surface area contributed by atoms with Crippen LogP contribution in [-0.2, 0) is 14.6 Å². The van der Waals surface area contributed by atoms with Crippen molar-refractivity contribution in [1.29, 1.82) is 5.26 Å². The van der Waals surface area contributed by atoms with Crippen molar-refractivity contribution in [3.05, 3.63) is 28.8 Å². The third-order valence-electron chi connectivity index (χ3n) is 3.72. The molecule has 1 amide bonds. The molecule has 23 heavy (non-hydrogen) atoms. The highest BCUT2D eigenvalue weighted by molar-refractivity contribution is 7.91. The fraction of sp³-hybridized carbons (Fsp3) is 0.467. The van der Waals surface area contributed by atoms with E-state index in [9.17, 15) is 13.2 Å². The first kappa shape index (κ1) is 17.6. The minimum absolute atomic E-state index is 0.00417. The fourth-order valence-electron chi connectivity index (χ4n) is 2.57. The second-order valence-corrected chi connectivity index (χ2v) is 7.92. The number of rotatable bonds is 5. The molecule has 1 aliphatic heterocycles. The van der Waals surface area contributed by atoms with Gasteiger partial charge in [-0.25, -0.2) is 8.42 Å². The summed E-state index contributed by atoms with van der Waals surface area (Å²) in [7, 11) is -3.05. The Bertz CT molecular complexity index is 742. The van der Waals surface area contributed by atoms with Crippen LogP contribution in [-0.4, -0.2) is 49.9 Å². The first-order chi connectivity index (χ1) is 10.9. The number of hydrogen-bond donors (Lipinski definition) is 0. The summed E-state index contributed by atoms with van der Waals surface area (Å²) in [5.74, 6) is 0.151. The van der Waals surface area contributed by atoms with Gasteiger partial charge >= 0.3 is 0 Å². The van der Waals surface area contributed by atoms with Crippen LogP contribution in [0.15, 0.2) is 18.2 Å². The van der Waals surface area contributed by atoms with Crippen LogP contribution in [0.3, 0.4) is 0 Å². The van der Waals surface area contributed by atoms with E-state index in [-0.39, 0.29) is 35.1 Å². The van der Waals surface area contributed by atoms with Gasteiger partial charge in [-0.15, -0.1) is 0 Å². The summed E-state index contributed by atoms with van der Waals surface area (Å²) in [6.45, 7) is 2.00. The Labute approximate surface area is 140 Å². The number of nitrogens with zero attached hydrogens (tertiary/aromatic N) is 2. The molecule has 6 nitrogen and oxygen atoms in total. The number of amides is 1. The van der Waals surface area contributed by atoms with E-state index >= 15 is 0 Å². The molecule has 0 aliphatic carbocycles. The lowest BCUT2D eigenvalue weighted by Gasteiger charge is -2.26. The first-order valence-electron chi connectivity index (χ1n) is 7.18. The zero-order valence-corrected chi connectivity index (χ0v) is 14.2. The molecule has 1 aromatic carbocycles. The van der Waals surface area contributed by atoms with Crippen LogP contribution in [0.1, 0.15) is 18.9 Å². The maximum atomic E-state index is 12.3. The molecule has 0 aromatic heterocycles. The fourth-order valence-corrected chi connectivity index (χ4v) is 4.54. The molecular weight excluding hydrogens is 340 g/mol. The topological polar surface area (TPSA) is 87.5 Å². The Morgan fingerprint density at radius 2 is 2.26 bits per heavy atom. The van der Waals surface area contributed by atoms with Gasteiger partial charge in [0.05, 0.1) is 28.2 Å². The van der Waals surface area contributed by atoms with Crippen LogP contribution in [0.2, 0.25) is 5.02 Å². The molecule has 1 aliphatic rings. The van der Waals surface area contributed by atoms with E-state index < -0.39 is 9.84 Å². The van der Waals surface area contributed by atoms with Crippen LogP contribution in [0, 0.1) is 11.3 Å². The quantitative estimate of drug-likeness (QED) is 0.800. The number of ether oxygens (including phenoxy) is 1. The van der Waals surface area contributed by atoms with Crippen molar-refractivity contribution in [2.24, 2.45) is 0 Å². The Hall–Kier alpha value is -1.78. The predicted molar refractivity (Wildman–Crippen MR) is 86.1 cm³/mol. The third-order valence-corrected chi connectivity index (χ3v) is 5.77. The van der Waals surface area contributed by atoms with Gasteiger partial charge in [0.1, 0.15) is 5.75 Å². The highest BCUT2D eigenvalue weighted by Crippen LogP contribution is 2.25. The average molecular weight is 357 g/mol. The SMILES string of the molecule is CCN(C(=O)COc1ccc(C#N)cc1Cl)[C@H]1CCS(=O)(=O)C1. The summed E-state index contributed by atoms with van der Waals surface area (Å²) in [6, 6.07) is 6.21. The zero-order chi connectivity index (χ0) is 17.0. The maximum Gasteiger partial charge on any atom is 0.260 e. The molecule has 0 unspecified atom stereocenters. The third kappa shape index (κ3) is 4.36. The van der Waals surface area contributed by atoms with Crippen LogP contribution >= 0.6 is 11.6 Å². The van der Waals surface area contributed by atoms with Crippen LogP contribution in [0.4, 0.5) is 0 Å². The second kappa shape index (κ2) is 7.20. The molecule has 0 spiro atoms. The summed E-state index contributed by atoms with van der Waals surface area (Å²) in [5.41, 5.74) is 0.403. The van der Waals surface area contributed by atoms with E-state index in [1.807, 2.05) is 6.07 Å². The molecule has 0 saturated carbocycles. The number of likely N-dealkylation sites (N-methyl/N-ethyl adjacent to an activating group) is 1. The normalized spacial score (nSPS) is 19.1. The highest BCUT2D eigenvalue weighted by atomic mass is 35.5. The van der Waals surface area contributed by atoms with Crippen molar-refractivity contribution >= 4 is 27.3 Å². The molecular formula is C15H17ClN2O4S. The minimum atomic E-state index is -3.05. The van der Waals surface area contributed by atoms with Crippen molar-refractivity contribution < 1.29 is 17.9 Å². The lowest BCUT2D eigenvalue weighted by molar-refractivity contribution is -0.135. The molecule has 1 saturated heterocycles. The number of hydrogen-bond acceptors (Lipinski definition) is 5. The van der Waals surface area contributed by atoms with Crippen molar-refractivity contribution in [2.75, 3.05) is 24.7 Å². The smallest absolute Gasteiger partial charge is 0.260 e. The van der Waals surface area contributed by atoms with E-state index in [1.54, 1.807) is 13.0 Å². The molecule has 1 heterocycles. The molecule has 0 radical (unpaired) electrons. The number of nitriles is 1. The molecule has 2 rings (SSSR count). The lowest BCUT2D eigenvalue weighted by Crippen LogP contribution is -2.43. The Morgan fingerprint density at radius 3 is 2.78 bits per heavy atom. The summed E-state index contributed by atoms with van der Waals surface area (Å²) in [4.78, 5) is 13.8. The number of benzene rings is 1. The molecule has 1 atom stereocenters. The molecule has 0 N–H and O–H groups in total. The second-order valence-electron chi connectivity index (χ2n) is 5.28. The van der Waals surface area contributed by atoms with Gasteiger partial charge in [-0.05, 0) is 31.5 Å². The predicted octanol–water partition coefficient (Wildman–Crippen LogP) is 1.63. The van der Waals surface area contributed by atoms with Crippen LogP contribution in [0.5, 0.6) is 5.75 Å². The monoisotopic (exact) mass is 356 g/mol. The van der Waals surface area contributed by atoms with E-state index in [2.05, 4.69) is 0 Å². The molecule has 124 valence electrons. The maximum absolute atomic E-state index is 12.3. The number of carbonyl (C=O) groups is 1. The number of carbonyl (C=O) groups excluding carboxylic acids is 1. The molecule has 1 aromatic rings. The lowest BCUT2D eigenvalue weighted by atomic mass is 10.2. The molecule has 0 bridgehead atoms. The van der Waals surface area contributed by atoms with Crippen LogP contribution in [0.25, 0.3) is 0 Å². The Morgan fingerprint density at radius 1 is 1.52 bits per heavy atom.